The molecular formula is C15H14Cl2N2O3S. The molecule has 0 spiro atoms. The Kier molecular flexibility index (Phi) is 5.64. The predicted molar refractivity (Wildman–Crippen MR) is 89.8 cm³/mol. The van der Waals surface area contributed by atoms with Gasteiger partial charge in [-0.2, -0.15) is 0 Å². The fraction of sp³-hybridized carbons (Fsp3) is 0.133. The van der Waals surface area contributed by atoms with E-state index in [1.54, 1.807) is 30.3 Å². The van der Waals surface area contributed by atoms with Crippen LogP contribution in [-0.2, 0) is 27.8 Å². The molecule has 0 aromatic heterocycles. The molecule has 0 saturated heterocycles. The summed E-state index contributed by atoms with van der Waals surface area (Å²) < 4.78 is 22.3. The Labute approximate surface area is 144 Å². The molecule has 0 unspecified atom stereocenters. The Morgan fingerprint density at radius 2 is 1.61 bits per heavy atom. The van der Waals surface area contributed by atoms with Crippen molar-refractivity contribution >= 4 is 39.1 Å². The van der Waals surface area contributed by atoms with Gasteiger partial charge in [-0.3, -0.25) is 4.79 Å². The molecule has 0 bridgehead atoms. The number of hydrogen-bond donors (Lipinski definition) is 2. The van der Waals surface area contributed by atoms with Crippen LogP contribution in [0, 0.1) is 0 Å². The Bertz CT molecular complexity index is 821. The summed E-state index contributed by atoms with van der Waals surface area (Å²) in [5.74, 6) is -0.182. The maximum Gasteiger partial charge on any atom is 0.238 e. The number of amides is 1. The third kappa shape index (κ3) is 5.21. The van der Waals surface area contributed by atoms with Crippen LogP contribution >= 0.6 is 23.2 Å². The maximum absolute atomic E-state index is 11.9. The van der Waals surface area contributed by atoms with E-state index in [1.807, 2.05) is 0 Å². The highest BCUT2D eigenvalue weighted by atomic mass is 35.5. The molecule has 1 amide bonds. The second-order valence-electron chi connectivity index (χ2n) is 4.89. The predicted octanol–water partition coefficient (Wildman–Crippen LogP) is 2.50. The lowest BCUT2D eigenvalue weighted by Crippen LogP contribution is -2.24. The summed E-state index contributed by atoms with van der Waals surface area (Å²) in [6.07, 6.45) is 0.173. The van der Waals surface area contributed by atoms with Crippen molar-refractivity contribution in [2.75, 3.05) is 0 Å². The Hall–Kier alpha value is -1.60. The monoisotopic (exact) mass is 372 g/mol. The first kappa shape index (κ1) is 17.7. The number of halogens is 2. The van der Waals surface area contributed by atoms with Gasteiger partial charge in [-0.05, 0) is 35.4 Å². The molecule has 0 atom stereocenters. The van der Waals surface area contributed by atoms with E-state index < -0.39 is 10.0 Å². The van der Waals surface area contributed by atoms with Crippen LogP contribution in [0.25, 0.3) is 0 Å². The molecule has 5 nitrogen and oxygen atoms in total. The largest absolute Gasteiger partial charge is 0.352 e. The molecule has 0 radical (unpaired) electrons. The van der Waals surface area contributed by atoms with Crippen molar-refractivity contribution in [3.05, 3.63) is 63.6 Å². The average Bonchev–Trinajstić information content (AvgIpc) is 2.48. The fourth-order valence-corrected chi connectivity index (χ4v) is 2.73. The van der Waals surface area contributed by atoms with Crippen LogP contribution in [0.15, 0.2) is 47.4 Å². The summed E-state index contributed by atoms with van der Waals surface area (Å²) in [6, 6.07) is 11.0. The van der Waals surface area contributed by atoms with Crippen molar-refractivity contribution in [2.45, 2.75) is 17.9 Å². The van der Waals surface area contributed by atoms with Crippen LogP contribution in [-0.4, -0.2) is 14.3 Å². The maximum atomic E-state index is 11.9. The van der Waals surface area contributed by atoms with Gasteiger partial charge in [0.15, 0.2) is 0 Å². The number of carbonyl (C=O) groups is 1. The third-order valence-corrected chi connectivity index (χ3v) is 4.76. The first-order valence-corrected chi connectivity index (χ1v) is 8.88. The van der Waals surface area contributed by atoms with E-state index >= 15 is 0 Å². The van der Waals surface area contributed by atoms with Crippen LogP contribution in [0.2, 0.25) is 10.0 Å². The van der Waals surface area contributed by atoms with E-state index in [0.29, 0.717) is 10.0 Å². The molecule has 3 N–H and O–H groups in total. The number of benzene rings is 2. The van der Waals surface area contributed by atoms with Crippen molar-refractivity contribution in [1.82, 2.24) is 5.32 Å². The number of carbonyl (C=O) groups excluding carboxylic acids is 1. The van der Waals surface area contributed by atoms with Crippen LogP contribution in [0.4, 0.5) is 0 Å². The molecule has 0 aliphatic heterocycles. The standard InChI is InChI=1S/C15H14Cl2N2O3S/c16-13-6-3-11(7-14(13)17)8-15(20)19-9-10-1-4-12(5-2-10)23(18,21)22/h1-7H,8-9H2,(H,19,20)(H2,18,21,22). The number of hydrogen-bond acceptors (Lipinski definition) is 3. The highest BCUT2D eigenvalue weighted by molar-refractivity contribution is 7.89. The van der Waals surface area contributed by atoms with E-state index in [9.17, 15) is 13.2 Å². The normalized spacial score (nSPS) is 11.3. The van der Waals surface area contributed by atoms with Gasteiger partial charge in [0.1, 0.15) is 0 Å². The van der Waals surface area contributed by atoms with Crippen molar-refractivity contribution in [2.24, 2.45) is 5.14 Å². The lowest BCUT2D eigenvalue weighted by atomic mass is 10.1. The van der Waals surface area contributed by atoms with Gasteiger partial charge in [0.25, 0.3) is 0 Å². The van der Waals surface area contributed by atoms with Crippen molar-refractivity contribution in [1.29, 1.82) is 0 Å². The van der Waals surface area contributed by atoms with Gasteiger partial charge in [0.05, 0.1) is 21.4 Å². The van der Waals surface area contributed by atoms with Gasteiger partial charge in [0, 0.05) is 6.54 Å². The van der Waals surface area contributed by atoms with Crippen LogP contribution in [0.5, 0.6) is 0 Å². The van der Waals surface area contributed by atoms with Gasteiger partial charge in [0.2, 0.25) is 15.9 Å². The van der Waals surface area contributed by atoms with E-state index in [1.165, 1.54) is 12.1 Å². The molecule has 0 saturated carbocycles. The number of nitrogens with two attached hydrogens (primary N) is 1. The van der Waals surface area contributed by atoms with Crippen LogP contribution in [0.1, 0.15) is 11.1 Å². The zero-order valence-electron chi connectivity index (χ0n) is 11.9. The molecule has 0 aliphatic rings. The Balaban J connectivity index is 1.92. The average molecular weight is 373 g/mol. The molecule has 122 valence electrons. The SMILES string of the molecule is NS(=O)(=O)c1ccc(CNC(=O)Cc2ccc(Cl)c(Cl)c2)cc1. The van der Waals surface area contributed by atoms with E-state index in [2.05, 4.69) is 5.32 Å². The molecule has 2 rings (SSSR count). The van der Waals surface area contributed by atoms with Gasteiger partial charge in [-0.1, -0.05) is 41.4 Å². The topological polar surface area (TPSA) is 89.3 Å². The summed E-state index contributed by atoms with van der Waals surface area (Å²) in [5, 5.41) is 8.60. The number of nitrogens with one attached hydrogen (secondary N) is 1. The summed E-state index contributed by atoms with van der Waals surface area (Å²) in [6.45, 7) is 0.283. The van der Waals surface area contributed by atoms with E-state index in [-0.39, 0.29) is 23.8 Å². The highest BCUT2D eigenvalue weighted by Crippen LogP contribution is 2.22. The summed E-state index contributed by atoms with van der Waals surface area (Å²) in [7, 11) is -3.71. The van der Waals surface area contributed by atoms with Gasteiger partial charge in [-0.25, -0.2) is 13.6 Å². The van der Waals surface area contributed by atoms with Crippen molar-refractivity contribution in [3.63, 3.8) is 0 Å². The minimum atomic E-state index is -3.71. The second-order valence-corrected chi connectivity index (χ2v) is 7.27. The second kappa shape index (κ2) is 7.31. The molecule has 2 aromatic carbocycles. The first-order chi connectivity index (χ1) is 10.8. The highest BCUT2D eigenvalue weighted by Gasteiger charge is 2.08. The summed E-state index contributed by atoms with van der Waals surface area (Å²) >= 11 is 11.7. The molecule has 23 heavy (non-hydrogen) atoms. The van der Waals surface area contributed by atoms with Crippen LogP contribution in [0.3, 0.4) is 0 Å². The molecule has 2 aromatic rings. The van der Waals surface area contributed by atoms with E-state index in [0.717, 1.165) is 11.1 Å². The lowest BCUT2D eigenvalue weighted by Gasteiger charge is -2.07. The minimum absolute atomic E-state index is 0.0309. The van der Waals surface area contributed by atoms with Crippen molar-refractivity contribution in [3.8, 4) is 0 Å². The van der Waals surface area contributed by atoms with Gasteiger partial charge >= 0.3 is 0 Å². The lowest BCUT2D eigenvalue weighted by molar-refractivity contribution is -0.120. The Morgan fingerprint density at radius 1 is 1.00 bits per heavy atom. The number of primary sulfonamides is 1. The van der Waals surface area contributed by atoms with Gasteiger partial charge < -0.3 is 5.32 Å². The van der Waals surface area contributed by atoms with Crippen molar-refractivity contribution < 1.29 is 13.2 Å². The molecule has 0 fully saturated rings. The molecule has 0 heterocycles. The molecular weight excluding hydrogens is 359 g/mol. The van der Waals surface area contributed by atoms with Crippen LogP contribution < -0.4 is 10.5 Å². The summed E-state index contributed by atoms with van der Waals surface area (Å²) in [4.78, 5) is 11.9. The van der Waals surface area contributed by atoms with E-state index in [4.69, 9.17) is 28.3 Å². The smallest absolute Gasteiger partial charge is 0.238 e. The zero-order valence-corrected chi connectivity index (χ0v) is 14.3. The fourth-order valence-electron chi connectivity index (χ4n) is 1.90. The number of sulfonamides is 1. The zero-order chi connectivity index (χ0) is 17.0. The minimum Gasteiger partial charge on any atom is -0.352 e. The number of rotatable bonds is 5. The first-order valence-electron chi connectivity index (χ1n) is 6.58. The third-order valence-electron chi connectivity index (χ3n) is 3.09. The molecule has 0 aliphatic carbocycles. The molecule has 8 heteroatoms. The Morgan fingerprint density at radius 3 is 2.17 bits per heavy atom. The quantitative estimate of drug-likeness (QED) is 0.844. The van der Waals surface area contributed by atoms with Gasteiger partial charge in [-0.15, -0.1) is 0 Å². The summed E-state index contributed by atoms with van der Waals surface area (Å²) in [5.41, 5.74) is 1.52.